The zero-order valence-electron chi connectivity index (χ0n) is 22.2. The zero-order valence-corrected chi connectivity index (χ0v) is 22.2. The molecule has 0 aromatic heterocycles. The van der Waals surface area contributed by atoms with Crippen molar-refractivity contribution in [3.05, 3.63) is 53.8 Å². The second-order valence-corrected chi connectivity index (χ2v) is 10.1. The first-order valence-corrected chi connectivity index (χ1v) is 13.4. The van der Waals surface area contributed by atoms with Crippen LogP contribution in [0.15, 0.2) is 42.5 Å². The van der Waals surface area contributed by atoms with Gasteiger partial charge in [-0.3, -0.25) is 9.69 Å². The van der Waals surface area contributed by atoms with Crippen molar-refractivity contribution < 1.29 is 33.2 Å². The van der Waals surface area contributed by atoms with Gasteiger partial charge in [0.1, 0.15) is 23.8 Å². The summed E-state index contributed by atoms with van der Waals surface area (Å²) in [7, 11) is 1.62. The maximum Gasteiger partial charge on any atom is 0.222 e. The lowest BCUT2D eigenvalue weighted by atomic mass is 10.1. The Bertz CT molecular complexity index is 1040. The quantitative estimate of drug-likeness (QED) is 0.444. The Hall–Kier alpha value is -2.88. The summed E-state index contributed by atoms with van der Waals surface area (Å²) in [5.74, 6) is 1.71. The summed E-state index contributed by atoms with van der Waals surface area (Å²) in [6.07, 6.45) is 4.56. The van der Waals surface area contributed by atoms with E-state index < -0.39 is 5.60 Å². The molecule has 2 aliphatic heterocycles. The highest BCUT2D eigenvalue weighted by atomic mass is 19.1. The summed E-state index contributed by atoms with van der Waals surface area (Å²) < 4.78 is 36.2. The molecule has 2 fully saturated rings. The number of rotatable bonds is 11. The molecule has 8 nitrogen and oxygen atoms in total. The summed E-state index contributed by atoms with van der Waals surface area (Å²) in [5.41, 5.74) is -0.186. The Morgan fingerprint density at radius 2 is 1.89 bits per heavy atom. The van der Waals surface area contributed by atoms with Gasteiger partial charge in [0.2, 0.25) is 5.91 Å². The molecule has 4 rings (SSSR count). The lowest BCUT2D eigenvalue weighted by molar-refractivity contribution is -0.130. The van der Waals surface area contributed by atoms with Gasteiger partial charge in [0.05, 0.1) is 26.9 Å². The third kappa shape index (κ3) is 8.31. The first kappa shape index (κ1) is 28.1. The van der Waals surface area contributed by atoms with E-state index in [1.165, 1.54) is 12.1 Å². The number of amides is 1. The van der Waals surface area contributed by atoms with Gasteiger partial charge in [-0.25, -0.2) is 4.39 Å². The van der Waals surface area contributed by atoms with Crippen molar-refractivity contribution in [1.82, 2.24) is 9.80 Å². The topological polar surface area (TPSA) is 80.7 Å². The summed E-state index contributed by atoms with van der Waals surface area (Å²) in [5, 5.41) is 11.2. The van der Waals surface area contributed by atoms with Gasteiger partial charge in [0.25, 0.3) is 0 Å². The average molecular weight is 531 g/mol. The van der Waals surface area contributed by atoms with Crippen LogP contribution in [-0.4, -0.2) is 86.1 Å². The van der Waals surface area contributed by atoms with Gasteiger partial charge in [0, 0.05) is 39.1 Å². The average Bonchev–Trinajstić information content (AvgIpc) is 3.23. The molecule has 2 heterocycles. The standard InChI is InChI=1S/C29H39FN2O6/c1-35-26-12-7-23(18-27(26)37-16-5-14-32-13-4-2-3-6-28(32)33)19-31-15-17-36-21-29(34,20-31)22-38-25-10-8-24(30)9-11-25/h7-12,18,34H,2-6,13-17,19-22H2,1H3/t29-/m1/s1. The third-order valence-corrected chi connectivity index (χ3v) is 6.90. The van der Waals surface area contributed by atoms with Gasteiger partial charge < -0.3 is 29.0 Å². The fourth-order valence-corrected chi connectivity index (χ4v) is 4.87. The van der Waals surface area contributed by atoms with E-state index in [4.69, 9.17) is 18.9 Å². The lowest BCUT2D eigenvalue weighted by Gasteiger charge is -2.30. The van der Waals surface area contributed by atoms with Crippen LogP contribution in [0.1, 0.15) is 37.7 Å². The second-order valence-electron chi connectivity index (χ2n) is 10.1. The molecule has 2 aliphatic rings. The van der Waals surface area contributed by atoms with Crippen LogP contribution < -0.4 is 14.2 Å². The third-order valence-electron chi connectivity index (χ3n) is 6.90. The molecule has 0 unspecified atom stereocenters. The van der Waals surface area contributed by atoms with Gasteiger partial charge in [-0.15, -0.1) is 0 Å². The van der Waals surface area contributed by atoms with Crippen LogP contribution in [0.2, 0.25) is 0 Å². The molecule has 1 N–H and O–H groups in total. The minimum absolute atomic E-state index is 0.0334. The van der Waals surface area contributed by atoms with Gasteiger partial charge in [0.15, 0.2) is 11.5 Å². The Balaban J connectivity index is 1.32. The Morgan fingerprint density at radius 3 is 2.71 bits per heavy atom. The summed E-state index contributed by atoms with van der Waals surface area (Å²) in [6, 6.07) is 11.6. The normalized spacial score (nSPS) is 21.0. The number of hydrogen-bond donors (Lipinski definition) is 1. The summed E-state index contributed by atoms with van der Waals surface area (Å²) in [4.78, 5) is 16.3. The fourth-order valence-electron chi connectivity index (χ4n) is 4.87. The van der Waals surface area contributed by atoms with Crippen molar-refractivity contribution in [3.63, 3.8) is 0 Å². The minimum atomic E-state index is -1.21. The number of likely N-dealkylation sites (tertiary alicyclic amines) is 1. The largest absolute Gasteiger partial charge is 0.493 e. The predicted molar refractivity (Wildman–Crippen MR) is 141 cm³/mol. The van der Waals surface area contributed by atoms with Crippen LogP contribution in [-0.2, 0) is 16.1 Å². The highest BCUT2D eigenvalue weighted by molar-refractivity contribution is 5.76. The van der Waals surface area contributed by atoms with Crippen molar-refractivity contribution in [2.75, 3.05) is 59.7 Å². The Labute approximate surface area is 224 Å². The summed E-state index contributed by atoms with van der Waals surface area (Å²) in [6.45, 7) is 4.31. The minimum Gasteiger partial charge on any atom is -0.493 e. The number of carbonyl (C=O) groups excluding carboxylic acids is 1. The number of aliphatic hydroxyl groups is 1. The molecule has 0 spiro atoms. The number of benzene rings is 2. The Morgan fingerprint density at radius 1 is 1.05 bits per heavy atom. The molecule has 1 amide bonds. The molecule has 0 bridgehead atoms. The van der Waals surface area contributed by atoms with Crippen LogP contribution in [0.25, 0.3) is 0 Å². The van der Waals surface area contributed by atoms with E-state index in [1.807, 2.05) is 23.1 Å². The first-order valence-electron chi connectivity index (χ1n) is 13.4. The molecule has 2 aromatic rings. The van der Waals surface area contributed by atoms with Crippen molar-refractivity contribution in [1.29, 1.82) is 0 Å². The lowest BCUT2D eigenvalue weighted by Crippen LogP contribution is -2.48. The highest BCUT2D eigenvalue weighted by Gasteiger charge is 2.33. The van der Waals surface area contributed by atoms with Crippen molar-refractivity contribution in [2.24, 2.45) is 0 Å². The van der Waals surface area contributed by atoms with E-state index in [-0.39, 0.29) is 24.9 Å². The number of β-amino-alcohol motifs (C(OH)–C–C–N with tert-alkyl or cyclic N) is 1. The van der Waals surface area contributed by atoms with Crippen molar-refractivity contribution in [3.8, 4) is 17.2 Å². The van der Waals surface area contributed by atoms with Gasteiger partial charge >= 0.3 is 0 Å². The van der Waals surface area contributed by atoms with E-state index in [9.17, 15) is 14.3 Å². The monoisotopic (exact) mass is 530 g/mol. The number of ether oxygens (including phenoxy) is 4. The second kappa shape index (κ2) is 13.8. The number of halogens is 1. The van der Waals surface area contributed by atoms with Crippen molar-refractivity contribution >= 4 is 5.91 Å². The molecular formula is C29H39FN2O6. The van der Waals surface area contributed by atoms with E-state index >= 15 is 0 Å². The van der Waals surface area contributed by atoms with E-state index in [1.54, 1.807) is 19.2 Å². The summed E-state index contributed by atoms with van der Waals surface area (Å²) >= 11 is 0. The van der Waals surface area contributed by atoms with Gasteiger partial charge in [-0.1, -0.05) is 12.5 Å². The molecule has 1 atom stereocenters. The zero-order chi connectivity index (χ0) is 26.8. The fraction of sp³-hybridized carbons (Fsp3) is 0.552. The van der Waals surface area contributed by atoms with E-state index in [0.29, 0.717) is 63.1 Å². The SMILES string of the molecule is COc1ccc(CN2CCOC[C@@](O)(COc3ccc(F)cc3)C2)cc1OCCCN1CCCCCC1=O. The number of methoxy groups -OCH3 is 1. The van der Waals surface area contributed by atoms with Crippen LogP contribution in [0.3, 0.4) is 0 Å². The van der Waals surface area contributed by atoms with Crippen LogP contribution in [0.4, 0.5) is 4.39 Å². The van der Waals surface area contributed by atoms with E-state index in [0.717, 1.165) is 37.8 Å². The van der Waals surface area contributed by atoms with Crippen molar-refractivity contribution in [2.45, 2.75) is 44.2 Å². The molecule has 2 aromatic carbocycles. The number of carbonyl (C=O) groups is 1. The van der Waals surface area contributed by atoms with Gasteiger partial charge in [-0.2, -0.15) is 0 Å². The van der Waals surface area contributed by atoms with E-state index in [2.05, 4.69) is 4.90 Å². The predicted octanol–water partition coefficient (Wildman–Crippen LogP) is 3.65. The maximum atomic E-state index is 13.2. The maximum absolute atomic E-state index is 13.2. The molecule has 2 saturated heterocycles. The molecule has 0 radical (unpaired) electrons. The van der Waals surface area contributed by atoms with Crippen LogP contribution >= 0.6 is 0 Å². The first-order chi connectivity index (χ1) is 18.4. The molecule has 208 valence electrons. The number of nitrogens with zero attached hydrogens (tertiary/aromatic N) is 2. The van der Waals surface area contributed by atoms with Crippen LogP contribution in [0.5, 0.6) is 17.2 Å². The molecule has 38 heavy (non-hydrogen) atoms. The Kier molecular flexibility index (Phi) is 10.2. The van der Waals surface area contributed by atoms with Gasteiger partial charge in [-0.05, 0) is 61.2 Å². The molecule has 0 saturated carbocycles. The smallest absolute Gasteiger partial charge is 0.222 e. The molecule has 0 aliphatic carbocycles. The number of hydrogen-bond acceptors (Lipinski definition) is 7. The van der Waals surface area contributed by atoms with Crippen LogP contribution in [0, 0.1) is 5.82 Å². The molecule has 9 heteroatoms. The highest BCUT2D eigenvalue weighted by Crippen LogP contribution is 2.29. The molecular weight excluding hydrogens is 491 g/mol.